The van der Waals surface area contributed by atoms with Crippen LogP contribution in [0.15, 0.2) is 48.8 Å². The lowest BCUT2D eigenvalue weighted by Gasteiger charge is -2.54. The second-order valence-corrected chi connectivity index (χ2v) is 9.34. The smallest absolute Gasteiger partial charge is 0.251 e. The van der Waals surface area contributed by atoms with E-state index in [9.17, 15) is 4.79 Å². The van der Waals surface area contributed by atoms with E-state index in [1.165, 1.54) is 0 Å². The molecule has 3 aromatic rings. The number of benzene rings is 1. The lowest BCUT2D eigenvalue weighted by molar-refractivity contribution is 0.0232. The van der Waals surface area contributed by atoms with Gasteiger partial charge in [0.25, 0.3) is 5.91 Å². The summed E-state index contributed by atoms with van der Waals surface area (Å²) in [7, 11) is 0. The molecule has 1 spiro atoms. The van der Waals surface area contributed by atoms with Crippen molar-refractivity contribution in [2.45, 2.75) is 46.6 Å². The van der Waals surface area contributed by atoms with Gasteiger partial charge in [-0.15, -0.1) is 0 Å². The van der Waals surface area contributed by atoms with Crippen LogP contribution in [0.5, 0.6) is 11.5 Å². The number of halogens is 1. The van der Waals surface area contributed by atoms with Gasteiger partial charge in [0.1, 0.15) is 11.5 Å². The van der Waals surface area contributed by atoms with Gasteiger partial charge in [0.2, 0.25) is 0 Å². The molecule has 2 aromatic heterocycles. The van der Waals surface area contributed by atoms with E-state index in [-0.39, 0.29) is 11.9 Å². The van der Waals surface area contributed by atoms with Crippen molar-refractivity contribution in [1.82, 2.24) is 20.6 Å². The highest BCUT2D eigenvalue weighted by molar-refractivity contribution is 6.31. The highest BCUT2D eigenvalue weighted by atomic mass is 35.5. The predicted molar refractivity (Wildman–Crippen MR) is 136 cm³/mol. The van der Waals surface area contributed by atoms with Crippen LogP contribution in [0.25, 0.3) is 11.3 Å². The third-order valence-electron chi connectivity index (χ3n) is 6.43. The van der Waals surface area contributed by atoms with Gasteiger partial charge in [-0.2, -0.15) is 0 Å². The van der Waals surface area contributed by atoms with Gasteiger partial charge in [-0.05, 0) is 55.9 Å². The SMILES string of the molecule is CC.Cc1cc(-c2cc(Oc3cnc(C)c(Cl)c3)ccn2)ccc1C(=O)NC1CC2(CNC2)C1. The van der Waals surface area contributed by atoms with Crippen molar-refractivity contribution in [3.05, 3.63) is 70.6 Å². The average Bonchev–Trinajstić information content (AvgIpc) is 2.78. The van der Waals surface area contributed by atoms with Crippen LogP contribution in [-0.4, -0.2) is 35.0 Å². The van der Waals surface area contributed by atoms with E-state index in [0.29, 0.717) is 27.5 Å². The monoisotopic (exact) mass is 478 g/mol. The number of aryl methyl sites for hydroxylation is 2. The molecule has 2 fully saturated rings. The van der Waals surface area contributed by atoms with Crippen molar-refractivity contribution < 1.29 is 9.53 Å². The van der Waals surface area contributed by atoms with Gasteiger partial charge in [-0.25, -0.2) is 0 Å². The summed E-state index contributed by atoms with van der Waals surface area (Å²) < 4.78 is 5.91. The quantitative estimate of drug-likeness (QED) is 0.491. The number of carbonyl (C=O) groups is 1. The fraction of sp³-hybridized carbons (Fsp3) is 0.370. The molecule has 1 saturated carbocycles. The molecule has 5 rings (SSSR count). The molecule has 0 unspecified atom stereocenters. The van der Waals surface area contributed by atoms with Gasteiger partial charge in [0.15, 0.2) is 0 Å². The van der Waals surface area contributed by atoms with E-state index >= 15 is 0 Å². The normalized spacial score (nSPS) is 16.0. The van der Waals surface area contributed by atoms with Crippen LogP contribution in [0.3, 0.4) is 0 Å². The molecule has 178 valence electrons. The van der Waals surface area contributed by atoms with Gasteiger partial charge < -0.3 is 15.4 Å². The first-order valence-electron chi connectivity index (χ1n) is 11.8. The van der Waals surface area contributed by atoms with Gasteiger partial charge in [-0.1, -0.05) is 31.5 Å². The molecule has 1 aliphatic carbocycles. The van der Waals surface area contributed by atoms with E-state index in [0.717, 1.165) is 48.4 Å². The molecule has 1 saturated heterocycles. The zero-order chi connectivity index (χ0) is 24.3. The van der Waals surface area contributed by atoms with E-state index in [1.807, 2.05) is 52.0 Å². The highest BCUT2D eigenvalue weighted by Crippen LogP contribution is 2.44. The second kappa shape index (κ2) is 10.1. The zero-order valence-corrected chi connectivity index (χ0v) is 20.9. The maximum atomic E-state index is 12.8. The Bertz CT molecular complexity index is 1180. The molecule has 2 N–H and O–H groups in total. The minimum atomic E-state index is -0.00465. The van der Waals surface area contributed by atoms with Crippen molar-refractivity contribution in [2.24, 2.45) is 5.41 Å². The van der Waals surface area contributed by atoms with Crippen molar-refractivity contribution >= 4 is 17.5 Å². The van der Waals surface area contributed by atoms with Crippen molar-refractivity contribution in [3.8, 4) is 22.8 Å². The van der Waals surface area contributed by atoms with Crippen molar-refractivity contribution in [3.63, 3.8) is 0 Å². The van der Waals surface area contributed by atoms with Crippen molar-refractivity contribution in [1.29, 1.82) is 0 Å². The predicted octanol–water partition coefficient (Wildman–Crippen LogP) is 5.71. The molecule has 34 heavy (non-hydrogen) atoms. The molecular formula is C27H31ClN4O2. The molecular weight excluding hydrogens is 448 g/mol. The summed E-state index contributed by atoms with van der Waals surface area (Å²) in [6, 6.07) is 11.5. The van der Waals surface area contributed by atoms with Gasteiger partial charge in [0, 0.05) is 48.6 Å². The summed E-state index contributed by atoms with van der Waals surface area (Å²) >= 11 is 6.14. The summed E-state index contributed by atoms with van der Waals surface area (Å²) in [6.45, 7) is 9.96. The number of hydrogen-bond donors (Lipinski definition) is 2. The zero-order valence-electron chi connectivity index (χ0n) is 20.1. The van der Waals surface area contributed by atoms with E-state index < -0.39 is 0 Å². The summed E-state index contributed by atoms with van der Waals surface area (Å²) in [5, 5.41) is 7.07. The number of ether oxygens (including phenoxy) is 1. The number of pyridine rings is 2. The molecule has 0 radical (unpaired) electrons. The Morgan fingerprint density at radius 3 is 2.50 bits per heavy atom. The molecule has 7 heteroatoms. The van der Waals surface area contributed by atoms with Crippen LogP contribution in [0.4, 0.5) is 0 Å². The summed E-state index contributed by atoms with van der Waals surface area (Å²) in [5.74, 6) is 1.20. The first-order chi connectivity index (χ1) is 16.4. The molecule has 3 heterocycles. The van der Waals surface area contributed by atoms with E-state index in [1.54, 1.807) is 24.5 Å². The number of amides is 1. The Morgan fingerprint density at radius 2 is 1.85 bits per heavy atom. The van der Waals surface area contributed by atoms with E-state index in [4.69, 9.17) is 16.3 Å². The molecule has 2 aliphatic rings. The second-order valence-electron chi connectivity index (χ2n) is 8.93. The molecule has 1 aliphatic heterocycles. The maximum Gasteiger partial charge on any atom is 0.251 e. The lowest BCUT2D eigenvalue weighted by atomic mass is 9.61. The Hall–Kier alpha value is -2.96. The number of aromatic nitrogens is 2. The Balaban J connectivity index is 0.00000133. The van der Waals surface area contributed by atoms with Crippen LogP contribution < -0.4 is 15.4 Å². The fourth-order valence-electron chi connectivity index (χ4n) is 4.51. The third-order valence-corrected chi connectivity index (χ3v) is 6.81. The summed E-state index contributed by atoms with van der Waals surface area (Å²) in [5.41, 5.74) is 4.51. The highest BCUT2D eigenvalue weighted by Gasteiger charge is 2.48. The fourth-order valence-corrected chi connectivity index (χ4v) is 4.67. The first-order valence-corrected chi connectivity index (χ1v) is 12.2. The third kappa shape index (κ3) is 5.08. The minimum absolute atomic E-state index is 0.00465. The standard InChI is InChI=1S/C25H25ClN4O2.C2H6/c1-15-7-17(3-4-21(15)24(31)30-18-10-25(11-18)13-27-14-25)23-9-19(5-6-28-23)32-20-8-22(26)16(2)29-12-20;1-2/h3-9,12,18,27H,10-11,13-14H2,1-2H3,(H,30,31);1-2H3. The number of carbonyl (C=O) groups excluding carboxylic acids is 1. The Kier molecular flexibility index (Phi) is 7.19. The molecule has 0 bridgehead atoms. The summed E-state index contributed by atoms with van der Waals surface area (Å²) in [4.78, 5) is 21.5. The number of rotatable bonds is 5. The first kappa shape index (κ1) is 24.2. The Labute approximate surface area is 206 Å². The largest absolute Gasteiger partial charge is 0.456 e. The van der Waals surface area contributed by atoms with E-state index in [2.05, 4.69) is 20.6 Å². The topological polar surface area (TPSA) is 76.1 Å². The molecule has 1 aromatic carbocycles. The summed E-state index contributed by atoms with van der Waals surface area (Å²) in [6.07, 6.45) is 5.48. The molecule has 6 nitrogen and oxygen atoms in total. The van der Waals surface area contributed by atoms with Crippen LogP contribution in [0.1, 0.15) is 48.3 Å². The van der Waals surface area contributed by atoms with Crippen molar-refractivity contribution in [2.75, 3.05) is 13.1 Å². The Morgan fingerprint density at radius 1 is 1.09 bits per heavy atom. The van der Waals surface area contributed by atoms with Crippen LogP contribution >= 0.6 is 11.6 Å². The average molecular weight is 479 g/mol. The number of hydrogen-bond acceptors (Lipinski definition) is 5. The van der Waals surface area contributed by atoms with Gasteiger partial charge >= 0.3 is 0 Å². The van der Waals surface area contributed by atoms with Gasteiger partial charge in [0.05, 0.1) is 22.6 Å². The molecule has 0 atom stereocenters. The lowest BCUT2D eigenvalue weighted by Crippen LogP contribution is -2.65. The number of nitrogens with one attached hydrogen (secondary N) is 2. The van der Waals surface area contributed by atoms with Gasteiger partial charge in [-0.3, -0.25) is 14.8 Å². The van der Waals surface area contributed by atoms with Crippen LogP contribution in [-0.2, 0) is 0 Å². The maximum absolute atomic E-state index is 12.8. The van der Waals surface area contributed by atoms with Crippen LogP contribution in [0, 0.1) is 19.3 Å². The van der Waals surface area contributed by atoms with Crippen LogP contribution in [0.2, 0.25) is 5.02 Å². The number of nitrogens with zero attached hydrogens (tertiary/aromatic N) is 2. The molecule has 1 amide bonds. The minimum Gasteiger partial charge on any atom is -0.456 e.